The molecule has 8 aromatic rings. The lowest BCUT2D eigenvalue weighted by atomic mass is 9.83. The number of aromatic nitrogens is 9. The second kappa shape index (κ2) is 14.3. The summed E-state index contributed by atoms with van der Waals surface area (Å²) in [6, 6.07) is 15.2. The summed E-state index contributed by atoms with van der Waals surface area (Å²) < 4.78 is 48.4. The molecule has 11 rings (SSSR count). The summed E-state index contributed by atoms with van der Waals surface area (Å²) in [5, 5.41) is 15.2. The van der Waals surface area contributed by atoms with Gasteiger partial charge >= 0.3 is 0 Å². The van der Waals surface area contributed by atoms with Crippen LogP contribution in [0.25, 0.3) is 50.3 Å². The van der Waals surface area contributed by atoms with Gasteiger partial charge in [0.15, 0.2) is 11.6 Å². The van der Waals surface area contributed by atoms with Gasteiger partial charge in [0.25, 0.3) is 5.91 Å². The number of H-pyrrole nitrogens is 1. The highest BCUT2D eigenvalue weighted by atomic mass is 19.1. The summed E-state index contributed by atoms with van der Waals surface area (Å²) in [6.45, 7) is 14.9. The summed E-state index contributed by atoms with van der Waals surface area (Å²) in [6.07, 6.45) is 5.91. The summed E-state index contributed by atoms with van der Waals surface area (Å²) >= 11 is 0. The lowest BCUT2D eigenvalue weighted by Gasteiger charge is -2.35. The quantitative estimate of drug-likeness (QED) is 0.167. The van der Waals surface area contributed by atoms with Crippen LogP contribution in [0.15, 0.2) is 65.6 Å². The third-order valence-electron chi connectivity index (χ3n) is 14.3. The van der Waals surface area contributed by atoms with E-state index in [0.717, 1.165) is 41.4 Å². The maximum absolute atomic E-state index is 16.2. The van der Waals surface area contributed by atoms with Gasteiger partial charge in [-0.25, -0.2) is 18.4 Å². The predicted octanol–water partition coefficient (Wildman–Crippen LogP) is 9.57. The second-order valence-electron chi connectivity index (χ2n) is 18.9. The normalized spacial score (nSPS) is 21.8. The van der Waals surface area contributed by atoms with Crippen LogP contribution in [0.1, 0.15) is 109 Å². The van der Waals surface area contributed by atoms with Crippen molar-refractivity contribution in [2.75, 3.05) is 13.2 Å². The number of halogens is 2. The average Bonchev–Trinajstić information content (AvgIpc) is 3.95. The molecule has 64 heavy (non-hydrogen) atoms. The number of nitrogens with zero attached hydrogens (tertiary/aromatic N) is 9. The van der Waals surface area contributed by atoms with E-state index in [-0.39, 0.29) is 23.2 Å². The molecular formula is C49H50F2N10O3. The summed E-state index contributed by atoms with van der Waals surface area (Å²) in [4.78, 5) is 30.6. The molecule has 0 radical (unpaired) electrons. The Kier molecular flexibility index (Phi) is 8.98. The zero-order chi connectivity index (χ0) is 44.6. The SMILES string of the molecule is Cc1cc(-n2nc3c(c2-c2nc(-c4ccc5c(cnn5C)c4F)c(C)[nH]2)[C@H](C)N(C(=O)c2cc4cc([C@H]5CCOC(C)(C)C5)ccc4n2[C@@]2(c4ncon4)C[C@@H]2C)CC3)cc(C)c1F. The molecule has 1 aliphatic carbocycles. The Morgan fingerprint density at radius 2 is 1.73 bits per heavy atom. The Morgan fingerprint density at radius 3 is 2.45 bits per heavy atom. The molecule has 1 amide bonds. The van der Waals surface area contributed by atoms with Crippen LogP contribution in [-0.4, -0.2) is 73.8 Å². The molecule has 15 heteroatoms. The van der Waals surface area contributed by atoms with Gasteiger partial charge in [0.2, 0.25) is 6.39 Å². The van der Waals surface area contributed by atoms with Crippen molar-refractivity contribution >= 4 is 27.7 Å². The maximum atomic E-state index is 16.2. The summed E-state index contributed by atoms with van der Waals surface area (Å²) in [5.74, 6) is 0.626. The molecule has 13 nitrogen and oxygen atoms in total. The number of ether oxygens (including phenoxy) is 1. The fourth-order valence-corrected chi connectivity index (χ4v) is 10.9. The van der Waals surface area contributed by atoms with Gasteiger partial charge < -0.3 is 23.7 Å². The number of fused-ring (bicyclic) bond motifs is 3. The van der Waals surface area contributed by atoms with Gasteiger partial charge in [-0.2, -0.15) is 15.2 Å². The van der Waals surface area contributed by atoms with Crippen molar-refractivity contribution in [1.82, 2.24) is 49.1 Å². The molecule has 0 spiro atoms. The first-order valence-corrected chi connectivity index (χ1v) is 22.1. The lowest BCUT2D eigenvalue weighted by molar-refractivity contribution is -0.0592. The van der Waals surface area contributed by atoms with E-state index < -0.39 is 17.4 Å². The number of amides is 1. The van der Waals surface area contributed by atoms with E-state index in [1.54, 1.807) is 48.5 Å². The largest absolute Gasteiger partial charge is 0.376 e. The molecule has 2 aliphatic heterocycles. The van der Waals surface area contributed by atoms with E-state index in [9.17, 15) is 0 Å². The van der Waals surface area contributed by atoms with Crippen LogP contribution >= 0.6 is 0 Å². The highest BCUT2D eigenvalue weighted by Gasteiger charge is 2.59. The van der Waals surface area contributed by atoms with Crippen molar-refractivity contribution in [3.8, 4) is 28.5 Å². The Morgan fingerprint density at radius 1 is 0.969 bits per heavy atom. The third kappa shape index (κ3) is 6.02. The number of benzene rings is 3. The number of carbonyl (C=O) groups is 1. The first-order valence-electron chi connectivity index (χ1n) is 22.1. The number of aryl methyl sites for hydroxylation is 4. The molecule has 4 atom stereocenters. The topological polar surface area (TPSA) is 138 Å². The molecule has 5 aromatic heterocycles. The van der Waals surface area contributed by atoms with E-state index in [0.29, 0.717) is 93.2 Å². The second-order valence-corrected chi connectivity index (χ2v) is 18.9. The van der Waals surface area contributed by atoms with E-state index >= 15 is 13.6 Å². The van der Waals surface area contributed by atoms with Crippen molar-refractivity contribution in [1.29, 1.82) is 0 Å². The van der Waals surface area contributed by atoms with Crippen molar-refractivity contribution < 1.29 is 22.8 Å². The minimum atomic E-state index is -0.670. The van der Waals surface area contributed by atoms with Crippen LogP contribution in [0.3, 0.4) is 0 Å². The molecule has 2 fully saturated rings. The molecule has 0 bridgehead atoms. The van der Waals surface area contributed by atoms with Crippen molar-refractivity contribution in [2.24, 2.45) is 13.0 Å². The molecule has 7 heterocycles. The van der Waals surface area contributed by atoms with Gasteiger partial charge in [-0.05, 0) is 132 Å². The molecular weight excluding hydrogens is 815 g/mol. The number of imidazole rings is 1. The van der Waals surface area contributed by atoms with Crippen molar-refractivity contribution in [2.45, 2.75) is 97.2 Å². The number of rotatable bonds is 7. The minimum Gasteiger partial charge on any atom is -0.376 e. The highest BCUT2D eigenvalue weighted by molar-refractivity contribution is 6.00. The first-order chi connectivity index (χ1) is 30.6. The molecule has 0 unspecified atom stereocenters. The van der Waals surface area contributed by atoms with Crippen LogP contribution in [0.5, 0.6) is 0 Å². The van der Waals surface area contributed by atoms with Gasteiger partial charge in [-0.15, -0.1) is 0 Å². The van der Waals surface area contributed by atoms with Crippen LogP contribution in [0.4, 0.5) is 8.78 Å². The van der Waals surface area contributed by atoms with Crippen molar-refractivity contribution in [3.05, 3.63) is 118 Å². The van der Waals surface area contributed by atoms with E-state index in [2.05, 4.69) is 63.8 Å². The molecule has 1 saturated carbocycles. The summed E-state index contributed by atoms with van der Waals surface area (Å²) in [7, 11) is 1.78. The molecule has 3 aliphatic rings. The van der Waals surface area contributed by atoms with Crippen molar-refractivity contribution in [3.63, 3.8) is 0 Å². The van der Waals surface area contributed by atoms with Gasteiger partial charge in [0, 0.05) is 54.3 Å². The Balaban J connectivity index is 1.05. The Hall–Kier alpha value is -6.48. The van der Waals surface area contributed by atoms with Crippen LogP contribution in [-0.2, 0) is 23.7 Å². The van der Waals surface area contributed by atoms with Crippen LogP contribution in [0, 0.1) is 38.3 Å². The number of aromatic amines is 1. The molecule has 3 aromatic carbocycles. The number of hydrogen-bond acceptors (Lipinski definition) is 8. The first kappa shape index (κ1) is 40.3. The van der Waals surface area contributed by atoms with Crippen LogP contribution < -0.4 is 0 Å². The fraction of sp³-hybridized carbons (Fsp3) is 0.388. The highest BCUT2D eigenvalue weighted by Crippen LogP contribution is 2.56. The zero-order valence-corrected chi connectivity index (χ0v) is 37.3. The van der Waals surface area contributed by atoms with Gasteiger partial charge in [-0.3, -0.25) is 9.48 Å². The van der Waals surface area contributed by atoms with E-state index in [4.69, 9.17) is 19.3 Å². The maximum Gasteiger partial charge on any atom is 0.271 e. The zero-order valence-electron chi connectivity index (χ0n) is 37.3. The minimum absolute atomic E-state index is 0.139. The fourth-order valence-electron chi connectivity index (χ4n) is 10.9. The third-order valence-corrected chi connectivity index (χ3v) is 14.3. The van der Waals surface area contributed by atoms with Gasteiger partial charge in [0.1, 0.15) is 28.6 Å². The average molecular weight is 865 g/mol. The Labute approximate surface area is 368 Å². The number of nitrogens with one attached hydrogen (secondary N) is 1. The molecule has 1 N–H and O–H groups in total. The van der Waals surface area contributed by atoms with Crippen LogP contribution in [0.2, 0.25) is 0 Å². The molecule has 1 saturated heterocycles. The summed E-state index contributed by atoms with van der Waals surface area (Å²) in [5.41, 5.74) is 7.74. The van der Waals surface area contributed by atoms with E-state index in [1.165, 1.54) is 18.2 Å². The van der Waals surface area contributed by atoms with Gasteiger partial charge in [-0.1, -0.05) is 18.1 Å². The lowest BCUT2D eigenvalue weighted by Crippen LogP contribution is -2.40. The smallest absolute Gasteiger partial charge is 0.271 e. The standard InChI is InChI=1S/C49H50F2N10O3/c1-25-17-33(18-26(2)41(25)50)61-44(45-54-28(4)43(55-45)34-10-12-38-35(42(34)51)23-53-58(38)8)40-29(5)59(15-13-36(40)56-61)46(62)39-20-32-19-30(31-14-16-63-48(6,7)22-31)9-11-37(32)60(39)49(21-27(49)3)47-52-24-64-57-47/h9-12,17-20,23-24,27,29,31H,13-16,21-22H2,1-8H3,(H,54,55)/t27-,29-,31-,49-/m0/s1. The Bertz CT molecular complexity index is 3170. The number of carbonyl (C=O) groups excluding carboxylic acids is 1. The number of hydrogen-bond donors (Lipinski definition) is 1. The molecule has 328 valence electrons. The monoisotopic (exact) mass is 864 g/mol. The van der Waals surface area contributed by atoms with E-state index in [1.807, 2.05) is 30.9 Å². The van der Waals surface area contributed by atoms with Gasteiger partial charge in [0.05, 0.1) is 45.8 Å². The predicted molar refractivity (Wildman–Crippen MR) is 237 cm³/mol.